The van der Waals surface area contributed by atoms with Crippen molar-refractivity contribution < 1.29 is 13.2 Å². The summed E-state index contributed by atoms with van der Waals surface area (Å²) in [4.78, 5) is 0. The standard InChI is InChI=1S/C10H11N3O3S/c11-5-8-1-3-9(4-2-8)16-10-6-13(7-10)17(12,14)15/h1-4,10H,6-7H2,(H2,12,14,15). The van der Waals surface area contributed by atoms with Crippen molar-refractivity contribution in [3.8, 4) is 11.8 Å². The predicted octanol–water partition coefficient (Wildman–Crippen LogP) is -0.175. The van der Waals surface area contributed by atoms with Crippen molar-refractivity contribution in [1.82, 2.24) is 4.31 Å². The summed E-state index contributed by atoms with van der Waals surface area (Å²) in [6, 6.07) is 8.65. The van der Waals surface area contributed by atoms with Gasteiger partial charge in [0.2, 0.25) is 0 Å². The van der Waals surface area contributed by atoms with Gasteiger partial charge in [-0.25, -0.2) is 5.14 Å². The average Bonchev–Trinajstić information content (AvgIpc) is 2.22. The molecule has 0 radical (unpaired) electrons. The second kappa shape index (κ2) is 4.33. The van der Waals surface area contributed by atoms with E-state index in [1.807, 2.05) is 6.07 Å². The maximum atomic E-state index is 10.9. The molecular formula is C10H11N3O3S. The lowest BCUT2D eigenvalue weighted by Crippen LogP contribution is -2.57. The Bertz CT molecular complexity index is 541. The van der Waals surface area contributed by atoms with E-state index in [9.17, 15) is 8.42 Å². The summed E-state index contributed by atoms with van der Waals surface area (Å²) >= 11 is 0. The Kier molecular flexibility index (Phi) is 3.02. The van der Waals surface area contributed by atoms with Gasteiger partial charge in [-0.15, -0.1) is 0 Å². The van der Waals surface area contributed by atoms with Gasteiger partial charge in [0.1, 0.15) is 11.9 Å². The third kappa shape index (κ3) is 2.74. The molecule has 1 heterocycles. The van der Waals surface area contributed by atoms with Gasteiger partial charge < -0.3 is 4.74 Å². The van der Waals surface area contributed by atoms with Crippen LogP contribution >= 0.6 is 0 Å². The van der Waals surface area contributed by atoms with Gasteiger partial charge in [-0.3, -0.25) is 0 Å². The molecular weight excluding hydrogens is 242 g/mol. The van der Waals surface area contributed by atoms with Crippen molar-refractivity contribution in [3.05, 3.63) is 29.8 Å². The highest BCUT2D eigenvalue weighted by Crippen LogP contribution is 2.19. The quantitative estimate of drug-likeness (QED) is 0.808. The minimum atomic E-state index is -3.59. The smallest absolute Gasteiger partial charge is 0.277 e. The fourth-order valence-electron chi connectivity index (χ4n) is 1.48. The first-order valence-electron chi connectivity index (χ1n) is 4.94. The summed E-state index contributed by atoms with van der Waals surface area (Å²) in [5, 5.41) is 13.6. The Labute approximate surface area is 99.4 Å². The lowest BCUT2D eigenvalue weighted by atomic mass is 10.2. The first-order chi connectivity index (χ1) is 7.99. The van der Waals surface area contributed by atoms with Crippen LogP contribution in [0, 0.1) is 11.3 Å². The number of hydrogen-bond acceptors (Lipinski definition) is 4. The van der Waals surface area contributed by atoms with E-state index in [0.717, 1.165) is 4.31 Å². The molecule has 0 saturated carbocycles. The van der Waals surface area contributed by atoms with Gasteiger partial charge in [-0.05, 0) is 24.3 Å². The Hall–Kier alpha value is -1.62. The van der Waals surface area contributed by atoms with Crippen LogP contribution in [0.1, 0.15) is 5.56 Å². The predicted molar refractivity (Wildman–Crippen MR) is 60.3 cm³/mol. The van der Waals surface area contributed by atoms with Crippen LogP contribution < -0.4 is 9.88 Å². The molecule has 0 unspecified atom stereocenters. The van der Waals surface area contributed by atoms with E-state index in [2.05, 4.69) is 0 Å². The molecule has 0 spiro atoms. The third-order valence-electron chi connectivity index (χ3n) is 2.46. The molecule has 90 valence electrons. The van der Waals surface area contributed by atoms with E-state index in [0.29, 0.717) is 11.3 Å². The zero-order chi connectivity index (χ0) is 12.5. The molecule has 2 rings (SSSR count). The normalized spacial score (nSPS) is 17.2. The molecule has 1 saturated heterocycles. The number of nitriles is 1. The van der Waals surface area contributed by atoms with Crippen molar-refractivity contribution in [3.63, 3.8) is 0 Å². The molecule has 17 heavy (non-hydrogen) atoms. The lowest BCUT2D eigenvalue weighted by Gasteiger charge is -2.36. The summed E-state index contributed by atoms with van der Waals surface area (Å²) in [5.74, 6) is 0.614. The number of nitrogens with zero attached hydrogens (tertiary/aromatic N) is 2. The largest absolute Gasteiger partial charge is 0.488 e. The summed E-state index contributed by atoms with van der Waals surface area (Å²) in [7, 11) is -3.59. The maximum Gasteiger partial charge on any atom is 0.277 e. The zero-order valence-corrected chi connectivity index (χ0v) is 9.72. The highest BCUT2D eigenvalue weighted by molar-refractivity contribution is 7.86. The van der Waals surface area contributed by atoms with E-state index >= 15 is 0 Å². The van der Waals surface area contributed by atoms with Gasteiger partial charge in [-0.2, -0.15) is 18.0 Å². The first kappa shape index (κ1) is 11.9. The lowest BCUT2D eigenvalue weighted by molar-refractivity contribution is 0.0762. The van der Waals surface area contributed by atoms with Crippen molar-refractivity contribution in [2.45, 2.75) is 6.10 Å². The van der Waals surface area contributed by atoms with Crippen molar-refractivity contribution >= 4 is 10.2 Å². The van der Waals surface area contributed by atoms with Gasteiger partial charge >= 0.3 is 0 Å². The van der Waals surface area contributed by atoms with E-state index in [1.165, 1.54) is 0 Å². The maximum absolute atomic E-state index is 10.9. The van der Waals surface area contributed by atoms with Crippen LogP contribution in [-0.2, 0) is 10.2 Å². The highest BCUT2D eigenvalue weighted by atomic mass is 32.2. The molecule has 6 nitrogen and oxygen atoms in total. The van der Waals surface area contributed by atoms with E-state index < -0.39 is 10.2 Å². The molecule has 0 aliphatic carbocycles. The van der Waals surface area contributed by atoms with Crippen LogP contribution in [0.3, 0.4) is 0 Å². The molecule has 0 bridgehead atoms. The molecule has 1 aliphatic rings. The Morgan fingerprint density at radius 3 is 2.41 bits per heavy atom. The van der Waals surface area contributed by atoms with Crippen LogP contribution in [0.5, 0.6) is 5.75 Å². The number of hydrogen-bond donors (Lipinski definition) is 1. The first-order valence-corrected chi connectivity index (χ1v) is 6.44. The molecule has 1 fully saturated rings. The molecule has 1 aliphatic heterocycles. The highest BCUT2D eigenvalue weighted by Gasteiger charge is 2.35. The molecule has 1 aromatic rings. The van der Waals surface area contributed by atoms with Gasteiger partial charge in [-0.1, -0.05) is 0 Å². The number of rotatable bonds is 3. The summed E-state index contributed by atoms with van der Waals surface area (Å²) in [5.41, 5.74) is 0.553. The second-order valence-electron chi connectivity index (χ2n) is 3.74. The Morgan fingerprint density at radius 1 is 1.35 bits per heavy atom. The summed E-state index contributed by atoms with van der Waals surface area (Å²) in [6.45, 7) is 0.525. The minimum absolute atomic E-state index is 0.179. The zero-order valence-electron chi connectivity index (χ0n) is 8.91. The van der Waals surface area contributed by atoms with Gasteiger partial charge in [0.15, 0.2) is 0 Å². The Balaban J connectivity index is 1.90. The molecule has 0 amide bonds. The van der Waals surface area contributed by atoms with Crippen LogP contribution in [0.25, 0.3) is 0 Å². The Morgan fingerprint density at radius 2 is 1.94 bits per heavy atom. The topological polar surface area (TPSA) is 96.4 Å². The molecule has 1 aromatic carbocycles. The average molecular weight is 253 g/mol. The van der Waals surface area contributed by atoms with Crippen molar-refractivity contribution in [1.29, 1.82) is 5.26 Å². The van der Waals surface area contributed by atoms with E-state index in [4.69, 9.17) is 15.1 Å². The molecule has 2 N–H and O–H groups in total. The molecule has 7 heteroatoms. The summed E-state index contributed by atoms with van der Waals surface area (Å²) < 4.78 is 28.5. The SMILES string of the molecule is N#Cc1ccc(OC2CN(S(N)(=O)=O)C2)cc1. The van der Waals surface area contributed by atoms with Crippen LogP contribution in [0.15, 0.2) is 24.3 Å². The molecule has 0 atom stereocenters. The van der Waals surface area contributed by atoms with Gasteiger partial charge in [0.05, 0.1) is 24.7 Å². The number of ether oxygens (including phenoxy) is 1. The van der Waals surface area contributed by atoms with Crippen LogP contribution in [-0.4, -0.2) is 31.9 Å². The van der Waals surface area contributed by atoms with Crippen molar-refractivity contribution in [2.75, 3.05) is 13.1 Å². The molecule has 0 aromatic heterocycles. The fourth-order valence-corrected chi connectivity index (χ4v) is 2.23. The van der Waals surface area contributed by atoms with Gasteiger partial charge in [0.25, 0.3) is 10.2 Å². The second-order valence-corrected chi connectivity index (χ2v) is 5.28. The number of benzene rings is 1. The number of nitrogens with two attached hydrogens (primary N) is 1. The third-order valence-corrected chi connectivity index (χ3v) is 3.48. The fraction of sp³-hybridized carbons (Fsp3) is 0.300. The summed E-state index contributed by atoms with van der Waals surface area (Å²) in [6.07, 6.45) is -0.179. The van der Waals surface area contributed by atoms with Crippen LogP contribution in [0.2, 0.25) is 0 Å². The van der Waals surface area contributed by atoms with E-state index in [1.54, 1.807) is 24.3 Å². The minimum Gasteiger partial charge on any atom is -0.488 e. The monoisotopic (exact) mass is 253 g/mol. The van der Waals surface area contributed by atoms with Crippen molar-refractivity contribution in [2.24, 2.45) is 5.14 Å². The van der Waals surface area contributed by atoms with Gasteiger partial charge in [0, 0.05) is 0 Å². The van der Waals surface area contributed by atoms with Crippen LogP contribution in [0.4, 0.5) is 0 Å². The van der Waals surface area contributed by atoms with E-state index in [-0.39, 0.29) is 19.2 Å².